The summed E-state index contributed by atoms with van der Waals surface area (Å²) in [6.07, 6.45) is 15.9. The van der Waals surface area contributed by atoms with Crippen LogP contribution in [0, 0.1) is 28.6 Å². The van der Waals surface area contributed by atoms with Crippen molar-refractivity contribution in [3.05, 3.63) is 23.8 Å². The third-order valence-electron chi connectivity index (χ3n) is 7.42. The van der Waals surface area contributed by atoms with Crippen LogP contribution < -0.4 is 0 Å². The van der Waals surface area contributed by atoms with Crippen molar-refractivity contribution in [3.63, 3.8) is 0 Å². The number of rotatable bonds is 0. The Morgan fingerprint density at radius 2 is 1.95 bits per heavy atom. The summed E-state index contributed by atoms with van der Waals surface area (Å²) in [6.45, 7) is 5.00. The predicted octanol–water partition coefficient (Wildman–Crippen LogP) is 4.48. The minimum Gasteiger partial charge on any atom is -0.389 e. The van der Waals surface area contributed by atoms with E-state index in [1.165, 1.54) is 38.5 Å². The fraction of sp³-hybridized carbons (Fsp3) is 0.789. The molecule has 0 aromatic rings. The van der Waals surface area contributed by atoms with Gasteiger partial charge < -0.3 is 5.11 Å². The molecule has 0 bridgehead atoms. The third kappa shape index (κ3) is 1.65. The number of aliphatic hydroxyl groups excluding tert-OH is 1. The zero-order chi connectivity index (χ0) is 14.0. The van der Waals surface area contributed by atoms with Gasteiger partial charge in [-0.05, 0) is 73.5 Å². The fourth-order valence-electron chi connectivity index (χ4n) is 6.19. The van der Waals surface area contributed by atoms with Crippen LogP contribution in [0.3, 0.4) is 0 Å². The van der Waals surface area contributed by atoms with Gasteiger partial charge in [0.1, 0.15) is 0 Å². The van der Waals surface area contributed by atoms with E-state index in [9.17, 15) is 5.11 Å². The highest BCUT2D eigenvalue weighted by atomic mass is 16.3. The average molecular weight is 272 g/mol. The average Bonchev–Trinajstić information content (AvgIpc) is 2.81. The summed E-state index contributed by atoms with van der Waals surface area (Å²) >= 11 is 0. The molecule has 0 aliphatic heterocycles. The molecule has 4 aliphatic carbocycles. The highest BCUT2D eigenvalue weighted by molar-refractivity contribution is 5.26. The second-order valence-electron chi connectivity index (χ2n) is 8.31. The van der Waals surface area contributed by atoms with Gasteiger partial charge in [0.2, 0.25) is 0 Å². The van der Waals surface area contributed by atoms with E-state index >= 15 is 0 Å². The molecule has 0 spiro atoms. The number of aliphatic hydroxyl groups is 1. The van der Waals surface area contributed by atoms with Crippen molar-refractivity contribution in [3.8, 4) is 0 Å². The van der Waals surface area contributed by atoms with Crippen LogP contribution in [-0.2, 0) is 0 Å². The number of allylic oxidation sites excluding steroid dienone is 3. The molecule has 0 heterocycles. The van der Waals surface area contributed by atoms with Gasteiger partial charge in [0.25, 0.3) is 0 Å². The maximum Gasteiger partial charge on any atom is 0.0724 e. The molecule has 20 heavy (non-hydrogen) atoms. The Labute approximate surface area is 123 Å². The van der Waals surface area contributed by atoms with E-state index in [2.05, 4.69) is 32.1 Å². The highest BCUT2D eigenvalue weighted by Crippen LogP contribution is 2.63. The maximum absolute atomic E-state index is 9.96. The van der Waals surface area contributed by atoms with Crippen molar-refractivity contribution >= 4 is 0 Å². The molecule has 1 nitrogen and oxygen atoms in total. The quantitative estimate of drug-likeness (QED) is 0.645. The van der Waals surface area contributed by atoms with Crippen LogP contribution in [-0.4, -0.2) is 11.2 Å². The summed E-state index contributed by atoms with van der Waals surface area (Å²) in [5.41, 5.74) is 2.48. The second-order valence-corrected chi connectivity index (χ2v) is 8.31. The standard InChI is InChI=1S/C19H28O/c1-18-9-3-4-16(18)15-6-5-13-12-14(20)7-11-19(13,2)17(15)8-10-18/h3,9,12,14-17,20H,4-8,10-11H2,1-2H3/t14-,15+,16+,17+,18+,19+/m1/s1. The molecule has 1 N–H and O–H groups in total. The van der Waals surface area contributed by atoms with Crippen LogP contribution >= 0.6 is 0 Å². The molecule has 2 fully saturated rings. The molecule has 0 aromatic heterocycles. The van der Waals surface area contributed by atoms with Crippen molar-refractivity contribution < 1.29 is 5.11 Å². The van der Waals surface area contributed by atoms with Crippen LogP contribution in [0.2, 0.25) is 0 Å². The zero-order valence-corrected chi connectivity index (χ0v) is 12.9. The van der Waals surface area contributed by atoms with E-state index in [-0.39, 0.29) is 6.10 Å². The van der Waals surface area contributed by atoms with Crippen LogP contribution in [0.5, 0.6) is 0 Å². The van der Waals surface area contributed by atoms with Gasteiger partial charge in [0, 0.05) is 0 Å². The topological polar surface area (TPSA) is 20.2 Å². The zero-order valence-electron chi connectivity index (χ0n) is 12.9. The number of hydrogen-bond donors (Lipinski definition) is 1. The molecule has 110 valence electrons. The summed E-state index contributed by atoms with van der Waals surface area (Å²) in [7, 11) is 0. The Hall–Kier alpha value is -0.560. The second kappa shape index (κ2) is 4.22. The Morgan fingerprint density at radius 3 is 2.80 bits per heavy atom. The van der Waals surface area contributed by atoms with E-state index in [1.807, 2.05) is 0 Å². The molecule has 2 saturated carbocycles. The van der Waals surface area contributed by atoms with Gasteiger partial charge in [-0.3, -0.25) is 0 Å². The van der Waals surface area contributed by atoms with Crippen LogP contribution in [0.15, 0.2) is 23.8 Å². The van der Waals surface area contributed by atoms with Gasteiger partial charge >= 0.3 is 0 Å². The summed E-state index contributed by atoms with van der Waals surface area (Å²) < 4.78 is 0. The minimum absolute atomic E-state index is 0.170. The van der Waals surface area contributed by atoms with E-state index in [0.29, 0.717) is 10.8 Å². The predicted molar refractivity (Wildman–Crippen MR) is 82.2 cm³/mol. The Bertz CT molecular complexity index is 476. The molecule has 0 radical (unpaired) electrons. The lowest BCUT2D eigenvalue weighted by Crippen LogP contribution is -2.49. The van der Waals surface area contributed by atoms with Gasteiger partial charge in [-0.25, -0.2) is 0 Å². The molecular formula is C19H28O. The van der Waals surface area contributed by atoms with E-state index in [1.54, 1.807) is 5.57 Å². The van der Waals surface area contributed by atoms with Crippen molar-refractivity contribution in [2.75, 3.05) is 0 Å². The molecule has 0 unspecified atom stereocenters. The van der Waals surface area contributed by atoms with E-state index in [0.717, 1.165) is 24.2 Å². The van der Waals surface area contributed by atoms with E-state index in [4.69, 9.17) is 0 Å². The van der Waals surface area contributed by atoms with Gasteiger partial charge in [0.15, 0.2) is 0 Å². The Morgan fingerprint density at radius 1 is 1.10 bits per heavy atom. The van der Waals surface area contributed by atoms with Crippen molar-refractivity contribution in [1.29, 1.82) is 0 Å². The largest absolute Gasteiger partial charge is 0.389 e. The number of fused-ring (bicyclic) bond motifs is 5. The monoisotopic (exact) mass is 272 g/mol. The number of hydrogen-bond acceptors (Lipinski definition) is 1. The molecule has 6 atom stereocenters. The summed E-state index contributed by atoms with van der Waals surface area (Å²) in [5.74, 6) is 2.68. The molecule has 4 aliphatic rings. The lowest BCUT2D eigenvalue weighted by atomic mass is 9.47. The summed E-state index contributed by atoms with van der Waals surface area (Å²) in [5, 5.41) is 9.96. The normalized spacial score (nSPS) is 53.9. The molecular weight excluding hydrogens is 244 g/mol. The lowest BCUT2D eigenvalue weighted by Gasteiger charge is -2.57. The van der Waals surface area contributed by atoms with Crippen molar-refractivity contribution in [2.24, 2.45) is 28.6 Å². The minimum atomic E-state index is -0.170. The van der Waals surface area contributed by atoms with Crippen LogP contribution in [0.1, 0.15) is 58.8 Å². The highest BCUT2D eigenvalue weighted by Gasteiger charge is 2.54. The maximum atomic E-state index is 9.96. The summed E-state index contributed by atoms with van der Waals surface area (Å²) in [6, 6.07) is 0. The first kappa shape index (κ1) is 13.1. The van der Waals surface area contributed by atoms with Gasteiger partial charge in [-0.1, -0.05) is 37.6 Å². The first-order valence-corrected chi connectivity index (χ1v) is 8.60. The SMILES string of the molecule is C[C@@]12C=CC[C@H]1[C@@H]1CCC3=C[C@H](O)CC[C@]3(C)[C@H]1CC2. The van der Waals surface area contributed by atoms with Gasteiger partial charge in [0.05, 0.1) is 6.10 Å². The van der Waals surface area contributed by atoms with Crippen molar-refractivity contribution in [2.45, 2.75) is 64.9 Å². The first-order valence-electron chi connectivity index (χ1n) is 8.60. The fourth-order valence-corrected chi connectivity index (χ4v) is 6.19. The van der Waals surface area contributed by atoms with Gasteiger partial charge in [-0.15, -0.1) is 0 Å². The third-order valence-corrected chi connectivity index (χ3v) is 7.42. The molecule has 4 rings (SSSR count). The molecule has 0 amide bonds. The van der Waals surface area contributed by atoms with Crippen LogP contribution in [0.4, 0.5) is 0 Å². The lowest BCUT2D eigenvalue weighted by molar-refractivity contribution is -0.0309. The van der Waals surface area contributed by atoms with Crippen LogP contribution in [0.25, 0.3) is 0 Å². The summed E-state index contributed by atoms with van der Waals surface area (Å²) in [4.78, 5) is 0. The molecule has 1 heteroatoms. The Balaban J connectivity index is 1.68. The molecule has 0 aromatic carbocycles. The smallest absolute Gasteiger partial charge is 0.0724 e. The van der Waals surface area contributed by atoms with Gasteiger partial charge in [-0.2, -0.15) is 0 Å². The Kier molecular flexibility index (Phi) is 2.77. The van der Waals surface area contributed by atoms with E-state index < -0.39 is 0 Å². The first-order chi connectivity index (χ1) is 9.53. The molecule has 0 saturated heterocycles. The van der Waals surface area contributed by atoms with Crippen molar-refractivity contribution in [1.82, 2.24) is 0 Å².